The lowest BCUT2D eigenvalue weighted by atomic mass is 10.1. The first-order valence-electron chi connectivity index (χ1n) is 12.4. The Morgan fingerprint density at radius 1 is 1.10 bits per heavy atom. The number of likely N-dealkylation sites (tertiary alicyclic amines) is 1. The van der Waals surface area contributed by atoms with E-state index in [-0.39, 0.29) is 24.0 Å². The Hall–Kier alpha value is -3.13. The van der Waals surface area contributed by atoms with Crippen LogP contribution in [-0.2, 0) is 14.4 Å². The Morgan fingerprint density at radius 3 is 2.51 bits per heavy atom. The predicted molar refractivity (Wildman–Crippen MR) is 154 cm³/mol. The maximum Gasteiger partial charge on any atom is 0.294 e. The molecule has 0 radical (unpaired) electrons. The number of anilines is 1. The van der Waals surface area contributed by atoms with Gasteiger partial charge in [-0.2, -0.15) is 0 Å². The van der Waals surface area contributed by atoms with E-state index in [4.69, 9.17) is 9.47 Å². The molecule has 0 unspecified atom stereocenters. The average molecular weight is 667 g/mol. The molecule has 2 aromatic carbocycles. The van der Waals surface area contributed by atoms with E-state index in [1.807, 2.05) is 22.6 Å². The van der Waals surface area contributed by atoms with Crippen molar-refractivity contribution >= 4 is 69.1 Å². The highest BCUT2D eigenvalue weighted by atomic mass is 127. The van der Waals surface area contributed by atoms with E-state index in [9.17, 15) is 23.6 Å². The highest BCUT2D eigenvalue weighted by Gasteiger charge is 2.37. The van der Waals surface area contributed by atoms with Gasteiger partial charge in [-0.15, -0.1) is 0 Å². The summed E-state index contributed by atoms with van der Waals surface area (Å²) in [5, 5.41) is 2.15. The first-order chi connectivity index (χ1) is 18.7. The number of hydrogen-bond acceptors (Lipinski definition) is 7. The van der Waals surface area contributed by atoms with Gasteiger partial charge in [0.05, 0.1) is 15.1 Å². The van der Waals surface area contributed by atoms with Gasteiger partial charge in [0.1, 0.15) is 12.4 Å². The maximum atomic E-state index is 13.1. The van der Waals surface area contributed by atoms with Gasteiger partial charge in [-0.3, -0.25) is 24.1 Å². The molecule has 39 heavy (non-hydrogen) atoms. The molecule has 2 fully saturated rings. The molecule has 2 heterocycles. The standard InChI is InChI=1S/C27H27FIN3O6S/c1-2-37-21-13-17(12-20(29)25(21)38-16-23(33)30-19-8-6-18(28)7-9-19)14-22-26(35)32(27(36)39-22)15-24(34)31-10-4-3-5-11-31/h6-9,12-14H,2-5,10-11,15-16H2,1H3,(H,30,33)/b22-14-. The van der Waals surface area contributed by atoms with E-state index in [0.717, 1.165) is 35.9 Å². The van der Waals surface area contributed by atoms with Crippen molar-refractivity contribution in [3.8, 4) is 11.5 Å². The Labute approximate surface area is 243 Å². The summed E-state index contributed by atoms with van der Waals surface area (Å²) in [6.07, 6.45) is 4.50. The van der Waals surface area contributed by atoms with Crippen molar-refractivity contribution in [3.63, 3.8) is 0 Å². The molecular formula is C27H27FIN3O6S. The molecular weight excluding hydrogens is 640 g/mol. The van der Waals surface area contributed by atoms with Crippen LogP contribution >= 0.6 is 34.4 Å². The number of benzene rings is 2. The van der Waals surface area contributed by atoms with Crippen LogP contribution in [-0.4, -0.2) is 65.6 Å². The number of amides is 4. The molecule has 9 nitrogen and oxygen atoms in total. The second kappa shape index (κ2) is 13.3. The van der Waals surface area contributed by atoms with Gasteiger partial charge in [0.15, 0.2) is 18.1 Å². The second-order valence-corrected chi connectivity index (χ2v) is 11.0. The number of nitrogens with zero attached hydrogens (tertiary/aromatic N) is 2. The minimum atomic E-state index is -0.513. The maximum absolute atomic E-state index is 13.1. The zero-order valence-corrected chi connectivity index (χ0v) is 24.2. The van der Waals surface area contributed by atoms with Gasteiger partial charge in [0, 0.05) is 18.8 Å². The van der Waals surface area contributed by atoms with E-state index in [1.165, 1.54) is 24.3 Å². The lowest BCUT2D eigenvalue weighted by Crippen LogP contribution is -2.44. The third-order valence-corrected chi connectivity index (χ3v) is 7.69. The summed E-state index contributed by atoms with van der Waals surface area (Å²) in [7, 11) is 0. The van der Waals surface area contributed by atoms with Crippen molar-refractivity contribution in [1.82, 2.24) is 9.80 Å². The van der Waals surface area contributed by atoms with Gasteiger partial charge < -0.3 is 19.7 Å². The quantitative estimate of drug-likeness (QED) is 0.300. The van der Waals surface area contributed by atoms with Crippen LogP contribution in [0.1, 0.15) is 31.7 Å². The van der Waals surface area contributed by atoms with Crippen LogP contribution in [0.2, 0.25) is 0 Å². The number of rotatable bonds is 9. The fourth-order valence-electron chi connectivity index (χ4n) is 4.11. The van der Waals surface area contributed by atoms with E-state index in [1.54, 1.807) is 30.0 Å². The Bertz CT molecular complexity index is 1300. The van der Waals surface area contributed by atoms with Crippen molar-refractivity contribution in [2.24, 2.45) is 0 Å². The molecule has 0 spiro atoms. The van der Waals surface area contributed by atoms with Gasteiger partial charge in [-0.1, -0.05) is 0 Å². The van der Waals surface area contributed by atoms with E-state index >= 15 is 0 Å². The molecule has 1 N–H and O–H groups in total. The number of carbonyl (C=O) groups excluding carboxylic acids is 4. The van der Waals surface area contributed by atoms with Crippen LogP contribution < -0.4 is 14.8 Å². The van der Waals surface area contributed by atoms with E-state index in [0.29, 0.717) is 46.0 Å². The molecule has 2 aliphatic heterocycles. The lowest BCUT2D eigenvalue weighted by molar-refractivity contribution is -0.136. The summed E-state index contributed by atoms with van der Waals surface area (Å²) in [5.41, 5.74) is 1.03. The molecule has 4 rings (SSSR count). The van der Waals surface area contributed by atoms with Crippen LogP contribution in [0.4, 0.5) is 14.9 Å². The molecule has 0 aliphatic carbocycles. The number of carbonyl (C=O) groups is 4. The zero-order valence-electron chi connectivity index (χ0n) is 21.2. The van der Waals surface area contributed by atoms with Crippen LogP contribution in [0.25, 0.3) is 6.08 Å². The number of ether oxygens (including phenoxy) is 2. The SMILES string of the molecule is CCOc1cc(/C=C2\SC(=O)N(CC(=O)N3CCCCC3)C2=O)cc(I)c1OCC(=O)Nc1ccc(F)cc1. The average Bonchev–Trinajstić information content (AvgIpc) is 3.17. The zero-order chi connectivity index (χ0) is 27.9. The monoisotopic (exact) mass is 667 g/mol. The first kappa shape index (κ1) is 28.9. The number of piperidine rings is 1. The van der Waals surface area contributed by atoms with Gasteiger partial charge in [0.25, 0.3) is 17.1 Å². The number of hydrogen-bond donors (Lipinski definition) is 1. The van der Waals surface area contributed by atoms with Crippen LogP contribution in [0, 0.1) is 9.39 Å². The normalized spacial score (nSPS) is 16.5. The predicted octanol–water partition coefficient (Wildman–Crippen LogP) is 4.90. The molecule has 206 valence electrons. The van der Waals surface area contributed by atoms with Gasteiger partial charge in [-0.05, 0) is 109 Å². The minimum Gasteiger partial charge on any atom is -0.490 e. The van der Waals surface area contributed by atoms with E-state index < -0.39 is 22.9 Å². The van der Waals surface area contributed by atoms with Gasteiger partial charge in [-0.25, -0.2) is 4.39 Å². The molecule has 12 heteroatoms. The topological polar surface area (TPSA) is 105 Å². The van der Waals surface area contributed by atoms with Crippen LogP contribution in [0.15, 0.2) is 41.3 Å². The fourth-order valence-corrected chi connectivity index (χ4v) is 5.73. The van der Waals surface area contributed by atoms with Crippen molar-refractivity contribution in [2.75, 3.05) is 38.2 Å². The van der Waals surface area contributed by atoms with Crippen molar-refractivity contribution in [3.05, 3.63) is 56.3 Å². The molecule has 0 aromatic heterocycles. The Balaban J connectivity index is 1.45. The summed E-state index contributed by atoms with van der Waals surface area (Å²) in [6, 6.07) is 8.78. The third kappa shape index (κ3) is 7.50. The first-order valence-corrected chi connectivity index (χ1v) is 14.3. The van der Waals surface area contributed by atoms with Crippen LogP contribution in [0.5, 0.6) is 11.5 Å². The molecule has 4 amide bonds. The molecule has 2 aromatic rings. The van der Waals surface area contributed by atoms with Crippen molar-refractivity contribution in [1.29, 1.82) is 0 Å². The van der Waals surface area contributed by atoms with Crippen molar-refractivity contribution < 1.29 is 33.0 Å². The van der Waals surface area contributed by atoms with Crippen molar-refractivity contribution in [2.45, 2.75) is 26.2 Å². The van der Waals surface area contributed by atoms with Crippen LogP contribution in [0.3, 0.4) is 0 Å². The summed E-state index contributed by atoms with van der Waals surface area (Å²) < 4.78 is 25.2. The number of halogens is 2. The number of imide groups is 1. The number of nitrogens with one attached hydrogen (secondary N) is 1. The third-order valence-electron chi connectivity index (χ3n) is 5.98. The molecule has 2 aliphatic rings. The Morgan fingerprint density at radius 2 is 1.82 bits per heavy atom. The lowest BCUT2D eigenvalue weighted by Gasteiger charge is -2.27. The molecule has 0 bridgehead atoms. The highest BCUT2D eigenvalue weighted by molar-refractivity contribution is 14.1. The summed E-state index contributed by atoms with van der Waals surface area (Å²) in [5.74, 6) is -0.862. The Kier molecular flexibility index (Phi) is 9.83. The molecule has 2 saturated heterocycles. The minimum absolute atomic E-state index is 0.206. The van der Waals surface area contributed by atoms with Gasteiger partial charge in [0.2, 0.25) is 5.91 Å². The summed E-state index contributed by atoms with van der Waals surface area (Å²) >= 11 is 2.83. The highest BCUT2D eigenvalue weighted by Crippen LogP contribution is 2.37. The smallest absolute Gasteiger partial charge is 0.294 e. The fraction of sp³-hybridized carbons (Fsp3) is 0.333. The van der Waals surface area contributed by atoms with E-state index in [2.05, 4.69) is 5.32 Å². The molecule has 0 atom stereocenters. The molecule has 0 saturated carbocycles. The summed E-state index contributed by atoms with van der Waals surface area (Å²) in [6.45, 7) is 2.84. The number of thioether (sulfide) groups is 1. The van der Waals surface area contributed by atoms with Gasteiger partial charge >= 0.3 is 0 Å². The largest absolute Gasteiger partial charge is 0.490 e. The second-order valence-electron chi connectivity index (χ2n) is 8.82. The summed E-state index contributed by atoms with van der Waals surface area (Å²) in [4.78, 5) is 53.4.